The third-order valence-corrected chi connectivity index (χ3v) is 2.48. The van der Waals surface area contributed by atoms with Gasteiger partial charge in [-0.15, -0.1) is 0 Å². The van der Waals surface area contributed by atoms with Crippen LogP contribution in [0.25, 0.3) is 0 Å². The minimum absolute atomic E-state index is 0.202. The van der Waals surface area contributed by atoms with E-state index in [1.165, 1.54) is 0 Å². The Bertz CT molecular complexity index is 289. The first-order valence-corrected chi connectivity index (χ1v) is 4.54. The van der Waals surface area contributed by atoms with Crippen molar-refractivity contribution in [2.75, 3.05) is 19.7 Å². The predicted octanol–water partition coefficient (Wildman–Crippen LogP) is 0.255. The average Bonchev–Trinajstić information content (AvgIpc) is 2.54. The van der Waals surface area contributed by atoms with Crippen LogP contribution in [-0.4, -0.2) is 29.5 Å². The summed E-state index contributed by atoms with van der Waals surface area (Å²) in [5.41, 5.74) is 0.939. The molecular weight excluding hydrogens is 166 g/mol. The van der Waals surface area contributed by atoms with Crippen LogP contribution in [0.4, 0.5) is 0 Å². The van der Waals surface area contributed by atoms with Crippen LogP contribution in [0.1, 0.15) is 12.5 Å². The van der Waals surface area contributed by atoms with Gasteiger partial charge in [-0.25, -0.2) is 0 Å². The zero-order valence-corrected chi connectivity index (χ0v) is 8.08. The predicted molar refractivity (Wildman–Crippen MR) is 49.4 cm³/mol. The van der Waals surface area contributed by atoms with E-state index in [1.807, 2.05) is 19.4 Å². The van der Waals surface area contributed by atoms with Crippen molar-refractivity contribution in [1.82, 2.24) is 15.1 Å². The largest absolute Gasteiger partial charge is 0.368 e. The second-order valence-electron chi connectivity index (χ2n) is 3.66. The van der Waals surface area contributed by atoms with E-state index in [-0.39, 0.29) is 5.60 Å². The lowest BCUT2D eigenvalue weighted by atomic mass is 9.98. The zero-order chi connectivity index (χ0) is 9.31. The lowest BCUT2D eigenvalue weighted by Gasteiger charge is -2.33. The van der Waals surface area contributed by atoms with E-state index in [0.29, 0.717) is 0 Å². The highest BCUT2D eigenvalue weighted by Gasteiger charge is 2.30. The Hall–Kier alpha value is -0.870. The minimum atomic E-state index is -0.202. The molecule has 2 heterocycles. The van der Waals surface area contributed by atoms with Crippen LogP contribution < -0.4 is 5.32 Å². The monoisotopic (exact) mass is 181 g/mol. The van der Waals surface area contributed by atoms with Crippen LogP contribution in [-0.2, 0) is 17.4 Å². The number of aromatic nitrogens is 2. The van der Waals surface area contributed by atoms with Crippen molar-refractivity contribution in [3.05, 3.63) is 18.0 Å². The highest BCUT2D eigenvalue weighted by molar-refractivity contribution is 5.15. The van der Waals surface area contributed by atoms with E-state index < -0.39 is 0 Å². The van der Waals surface area contributed by atoms with Gasteiger partial charge in [0.05, 0.1) is 12.8 Å². The molecular formula is C9H15N3O. The highest BCUT2D eigenvalue weighted by Crippen LogP contribution is 2.25. The summed E-state index contributed by atoms with van der Waals surface area (Å²) in [6.07, 6.45) is 3.88. The number of aryl methyl sites for hydroxylation is 1. The molecule has 0 bridgehead atoms. The van der Waals surface area contributed by atoms with Gasteiger partial charge >= 0.3 is 0 Å². The number of hydrogen-bond donors (Lipinski definition) is 1. The Kier molecular flexibility index (Phi) is 2.09. The molecule has 4 nitrogen and oxygen atoms in total. The van der Waals surface area contributed by atoms with E-state index in [1.54, 1.807) is 4.68 Å². The lowest BCUT2D eigenvalue weighted by molar-refractivity contribution is -0.0572. The van der Waals surface area contributed by atoms with Crippen molar-refractivity contribution < 1.29 is 4.74 Å². The first-order valence-electron chi connectivity index (χ1n) is 4.54. The van der Waals surface area contributed by atoms with E-state index in [9.17, 15) is 0 Å². The molecule has 0 amide bonds. The van der Waals surface area contributed by atoms with Crippen molar-refractivity contribution in [2.24, 2.45) is 7.05 Å². The van der Waals surface area contributed by atoms with Gasteiger partial charge in [0.2, 0.25) is 0 Å². The quantitative estimate of drug-likeness (QED) is 0.675. The molecule has 1 unspecified atom stereocenters. The second-order valence-corrected chi connectivity index (χ2v) is 3.66. The van der Waals surface area contributed by atoms with Gasteiger partial charge in [-0.2, -0.15) is 5.10 Å². The lowest BCUT2D eigenvalue weighted by Crippen LogP contribution is -2.45. The van der Waals surface area contributed by atoms with Gasteiger partial charge in [0.15, 0.2) is 0 Å². The third kappa shape index (κ3) is 1.59. The fourth-order valence-corrected chi connectivity index (χ4v) is 1.61. The number of nitrogens with zero attached hydrogens (tertiary/aromatic N) is 2. The van der Waals surface area contributed by atoms with E-state index in [4.69, 9.17) is 4.74 Å². The van der Waals surface area contributed by atoms with Crippen LogP contribution in [0.5, 0.6) is 0 Å². The number of ether oxygens (including phenoxy) is 1. The second kappa shape index (κ2) is 3.12. The summed E-state index contributed by atoms with van der Waals surface area (Å²) >= 11 is 0. The molecule has 0 spiro atoms. The Morgan fingerprint density at radius 1 is 1.69 bits per heavy atom. The standard InChI is InChI=1S/C9H15N3O/c1-9(7-10-3-4-13-9)8-5-11-12(2)6-8/h5-6,10H,3-4,7H2,1-2H3. The van der Waals surface area contributed by atoms with E-state index in [2.05, 4.69) is 17.3 Å². The number of morpholine rings is 1. The van der Waals surface area contributed by atoms with Gasteiger partial charge in [0.1, 0.15) is 5.60 Å². The summed E-state index contributed by atoms with van der Waals surface area (Å²) in [5.74, 6) is 0. The Morgan fingerprint density at radius 2 is 2.54 bits per heavy atom. The number of nitrogens with one attached hydrogen (secondary N) is 1. The first-order chi connectivity index (χ1) is 6.21. The van der Waals surface area contributed by atoms with Crippen LogP contribution in [0.3, 0.4) is 0 Å². The Morgan fingerprint density at radius 3 is 3.08 bits per heavy atom. The van der Waals surface area contributed by atoms with Gasteiger partial charge in [-0.1, -0.05) is 0 Å². The molecule has 1 fully saturated rings. The smallest absolute Gasteiger partial charge is 0.106 e. The van der Waals surface area contributed by atoms with E-state index >= 15 is 0 Å². The molecule has 2 rings (SSSR count). The maximum atomic E-state index is 5.75. The summed E-state index contributed by atoms with van der Waals surface area (Å²) in [6.45, 7) is 4.66. The molecule has 0 saturated carbocycles. The molecule has 1 aliphatic heterocycles. The molecule has 4 heteroatoms. The number of rotatable bonds is 1. The first kappa shape index (κ1) is 8.72. The van der Waals surface area contributed by atoms with Crippen molar-refractivity contribution in [1.29, 1.82) is 0 Å². The van der Waals surface area contributed by atoms with Crippen LogP contribution in [0.2, 0.25) is 0 Å². The van der Waals surface area contributed by atoms with Crippen LogP contribution in [0, 0.1) is 0 Å². The Balaban J connectivity index is 2.22. The Labute approximate surface area is 77.9 Å². The molecule has 0 aromatic carbocycles. The molecule has 1 aromatic heterocycles. The van der Waals surface area contributed by atoms with Gasteiger partial charge in [0, 0.05) is 31.9 Å². The molecule has 1 aliphatic rings. The zero-order valence-electron chi connectivity index (χ0n) is 8.08. The molecule has 0 radical (unpaired) electrons. The molecule has 72 valence electrons. The molecule has 1 saturated heterocycles. The maximum Gasteiger partial charge on any atom is 0.106 e. The number of hydrogen-bond acceptors (Lipinski definition) is 3. The normalized spacial score (nSPS) is 29.1. The fourth-order valence-electron chi connectivity index (χ4n) is 1.61. The van der Waals surface area contributed by atoms with Crippen LogP contribution >= 0.6 is 0 Å². The molecule has 1 N–H and O–H groups in total. The molecule has 0 aliphatic carbocycles. The molecule has 1 aromatic rings. The van der Waals surface area contributed by atoms with Gasteiger partial charge in [-0.05, 0) is 6.92 Å². The van der Waals surface area contributed by atoms with Crippen LogP contribution in [0.15, 0.2) is 12.4 Å². The SMILES string of the molecule is Cn1cc(C2(C)CNCCO2)cn1. The summed E-state index contributed by atoms with van der Waals surface area (Å²) < 4.78 is 7.55. The van der Waals surface area contributed by atoms with Gasteiger partial charge < -0.3 is 10.1 Å². The maximum absolute atomic E-state index is 5.75. The summed E-state index contributed by atoms with van der Waals surface area (Å²) in [5, 5.41) is 7.47. The van der Waals surface area contributed by atoms with Gasteiger partial charge in [0.25, 0.3) is 0 Å². The molecule has 1 atom stereocenters. The highest BCUT2D eigenvalue weighted by atomic mass is 16.5. The minimum Gasteiger partial charge on any atom is -0.368 e. The van der Waals surface area contributed by atoms with Crippen molar-refractivity contribution in [3.63, 3.8) is 0 Å². The average molecular weight is 181 g/mol. The van der Waals surface area contributed by atoms with Crippen molar-refractivity contribution >= 4 is 0 Å². The third-order valence-electron chi connectivity index (χ3n) is 2.48. The topological polar surface area (TPSA) is 39.1 Å². The van der Waals surface area contributed by atoms with Gasteiger partial charge in [-0.3, -0.25) is 4.68 Å². The summed E-state index contributed by atoms with van der Waals surface area (Å²) in [6, 6.07) is 0. The van der Waals surface area contributed by atoms with Crippen molar-refractivity contribution in [2.45, 2.75) is 12.5 Å². The summed E-state index contributed by atoms with van der Waals surface area (Å²) in [7, 11) is 1.92. The van der Waals surface area contributed by atoms with Crippen molar-refractivity contribution in [3.8, 4) is 0 Å². The fraction of sp³-hybridized carbons (Fsp3) is 0.667. The van der Waals surface area contributed by atoms with E-state index in [0.717, 1.165) is 25.3 Å². The summed E-state index contributed by atoms with van der Waals surface area (Å²) in [4.78, 5) is 0. The molecule has 13 heavy (non-hydrogen) atoms.